The standard InChI is InChI=1S/C14H24N4O2S/c1-3-18-7-6-11(10-18)9-17-14-8-12(4-5-13(14)15)21(19,20)16-2/h4-5,8,11,16-17H,3,6-7,9-10,15H2,1-2H3. The summed E-state index contributed by atoms with van der Waals surface area (Å²) in [6.07, 6.45) is 1.16. The van der Waals surface area contributed by atoms with E-state index in [4.69, 9.17) is 5.73 Å². The maximum Gasteiger partial charge on any atom is 0.240 e. The van der Waals surface area contributed by atoms with E-state index in [2.05, 4.69) is 21.9 Å². The summed E-state index contributed by atoms with van der Waals surface area (Å²) in [5.41, 5.74) is 7.17. The van der Waals surface area contributed by atoms with Crippen LogP contribution >= 0.6 is 0 Å². The highest BCUT2D eigenvalue weighted by Gasteiger charge is 2.21. The molecular formula is C14H24N4O2S. The third-order valence-corrected chi connectivity index (χ3v) is 5.41. The van der Waals surface area contributed by atoms with Crippen LogP contribution in [0.1, 0.15) is 13.3 Å². The van der Waals surface area contributed by atoms with Gasteiger partial charge < -0.3 is 16.0 Å². The second-order valence-electron chi connectivity index (χ2n) is 5.39. The van der Waals surface area contributed by atoms with Crippen LogP contribution in [0.15, 0.2) is 23.1 Å². The van der Waals surface area contributed by atoms with Gasteiger partial charge in [0.1, 0.15) is 0 Å². The lowest BCUT2D eigenvalue weighted by atomic mass is 10.1. The van der Waals surface area contributed by atoms with Gasteiger partial charge in [-0.25, -0.2) is 13.1 Å². The maximum absolute atomic E-state index is 11.8. The second-order valence-corrected chi connectivity index (χ2v) is 7.27. The molecule has 21 heavy (non-hydrogen) atoms. The van der Waals surface area contributed by atoms with Crippen LogP contribution in [0.3, 0.4) is 0 Å². The Hall–Kier alpha value is -1.31. The summed E-state index contributed by atoms with van der Waals surface area (Å²) in [5.74, 6) is 0.578. The first-order valence-corrected chi connectivity index (χ1v) is 8.74. The zero-order chi connectivity index (χ0) is 15.5. The number of sulfonamides is 1. The lowest BCUT2D eigenvalue weighted by Gasteiger charge is -2.16. The fourth-order valence-electron chi connectivity index (χ4n) is 2.59. The van der Waals surface area contributed by atoms with E-state index in [1.807, 2.05) is 0 Å². The molecule has 1 saturated heterocycles. The SMILES string of the molecule is CCN1CCC(CNc2cc(S(=O)(=O)NC)ccc2N)C1. The van der Waals surface area contributed by atoms with Crippen molar-refractivity contribution in [3.63, 3.8) is 0 Å². The molecule has 0 aromatic heterocycles. The number of benzene rings is 1. The largest absolute Gasteiger partial charge is 0.397 e. The van der Waals surface area contributed by atoms with E-state index in [0.29, 0.717) is 17.3 Å². The van der Waals surface area contributed by atoms with Crippen LogP contribution in [0.25, 0.3) is 0 Å². The minimum atomic E-state index is -3.44. The number of hydrogen-bond donors (Lipinski definition) is 3. The lowest BCUT2D eigenvalue weighted by Crippen LogP contribution is -2.23. The summed E-state index contributed by atoms with van der Waals surface area (Å²) < 4.78 is 26.0. The van der Waals surface area contributed by atoms with Crippen molar-refractivity contribution in [1.82, 2.24) is 9.62 Å². The van der Waals surface area contributed by atoms with Gasteiger partial charge >= 0.3 is 0 Å². The average molecular weight is 312 g/mol. The summed E-state index contributed by atoms with van der Waals surface area (Å²) in [6, 6.07) is 4.73. The van der Waals surface area contributed by atoms with Crippen molar-refractivity contribution in [2.75, 3.05) is 44.3 Å². The summed E-state index contributed by atoms with van der Waals surface area (Å²) >= 11 is 0. The molecule has 4 N–H and O–H groups in total. The second kappa shape index (κ2) is 6.64. The molecule has 0 amide bonds. The van der Waals surface area contributed by atoms with Crippen molar-refractivity contribution in [2.45, 2.75) is 18.2 Å². The molecule has 1 heterocycles. The fraction of sp³-hybridized carbons (Fsp3) is 0.571. The molecule has 1 atom stereocenters. The molecule has 1 fully saturated rings. The molecule has 1 aliphatic rings. The molecule has 0 bridgehead atoms. The Morgan fingerprint density at radius 2 is 2.19 bits per heavy atom. The van der Waals surface area contributed by atoms with Crippen molar-refractivity contribution < 1.29 is 8.42 Å². The molecule has 1 aliphatic heterocycles. The van der Waals surface area contributed by atoms with E-state index in [0.717, 1.165) is 32.6 Å². The highest BCUT2D eigenvalue weighted by molar-refractivity contribution is 7.89. The molecule has 0 spiro atoms. The lowest BCUT2D eigenvalue weighted by molar-refractivity contribution is 0.345. The molecule has 1 aromatic rings. The summed E-state index contributed by atoms with van der Waals surface area (Å²) in [6.45, 7) is 6.27. The van der Waals surface area contributed by atoms with Crippen molar-refractivity contribution in [3.8, 4) is 0 Å². The van der Waals surface area contributed by atoms with Crippen molar-refractivity contribution >= 4 is 21.4 Å². The fourth-order valence-corrected chi connectivity index (χ4v) is 3.35. The van der Waals surface area contributed by atoms with Crippen LogP contribution in [-0.4, -0.2) is 46.5 Å². The number of nitrogens with one attached hydrogen (secondary N) is 2. The van der Waals surface area contributed by atoms with Crippen LogP contribution in [-0.2, 0) is 10.0 Å². The Morgan fingerprint density at radius 1 is 1.43 bits per heavy atom. The highest BCUT2D eigenvalue weighted by Crippen LogP contribution is 2.24. The average Bonchev–Trinajstić information content (AvgIpc) is 2.94. The highest BCUT2D eigenvalue weighted by atomic mass is 32.2. The van der Waals surface area contributed by atoms with Crippen LogP contribution in [0.5, 0.6) is 0 Å². The van der Waals surface area contributed by atoms with Gasteiger partial charge in [-0.2, -0.15) is 0 Å². The molecule has 6 nitrogen and oxygen atoms in total. The first kappa shape index (κ1) is 16.1. The van der Waals surface area contributed by atoms with Crippen LogP contribution in [0.2, 0.25) is 0 Å². The molecule has 0 aliphatic carbocycles. The predicted molar refractivity (Wildman–Crippen MR) is 85.8 cm³/mol. The monoisotopic (exact) mass is 312 g/mol. The Bertz CT molecular complexity index is 589. The van der Waals surface area contributed by atoms with Gasteiger partial charge in [-0.15, -0.1) is 0 Å². The minimum Gasteiger partial charge on any atom is -0.397 e. The number of nitrogens with zero attached hydrogens (tertiary/aromatic N) is 1. The third kappa shape index (κ3) is 3.87. The van der Waals surface area contributed by atoms with E-state index in [-0.39, 0.29) is 4.90 Å². The zero-order valence-electron chi connectivity index (χ0n) is 12.6. The van der Waals surface area contributed by atoms with Crippen LogP contribution < -0.4 is 15.8 Å². The molecule has 0 saturated carbocycles. The van der Waals surface area contributed by atoms with E-state index in [1.165, 1.54) is 13.1 Å². The number of hydrogen-bond acceptors (Lipinski definition) is 5. The van der Waals surface area contributed by atoms with Gasteiger partial charge in [-0.1, -0.05) is 6.92 Å². The normalized spacial score (nSPS) is 19.8. The number of anilines is 2. The number of nitrogens with two attached hydrogens (primary N) is 1. The Morgan fingerprint density at radius 3 is 2.81 bits per heavy atom. The summed E-state index contributed by atoms with van der Waals surface area (Å²) in [7, 11) is -2.04. The first-order valence-electron chi connectivity index (χ1n) is 7.25. The molecule has 118 valence electrons. The van der Waals surface area contributed by atoms with Gasteiger partial charge in [0.15, 0.2) is 0 Å². The van der Waals surface area contributed by atoms with E-state index in [9.17, 15) is 8.42 Å². The van der Waals surface area contributed by atoms with E-state index >= 15 is 0 Å². The number of nitrogen functional groups attached to an aromatic ring is 1. The molecule has 2 rings (SSSR count). The Balaban J connectivity index is 2.05. The number of rotatable bonds is 6. The first-order chi connectivity index (χ1) is 9.96. The summed E-state index contributed by atoms with van der Waals surface area (Å²) in [4.78, 5) is 2.64. The van der Waals surface area contributed by atoms with Gasteiger partial charge in [0.2, 0.25) is 10.0 Å². The van der Waals surface area contributed by atoms with Crippen molar-refractivity contribution in [2.24, 2.45) is 5.92 Å². The molecule has 0 radical (unpaired) electrons. The molecule has 7 heteroatoms. The van der Waals surface area contributed by atoms with E-state index < -0.39 is 10.0 Å². The number of likely N-dealkylation sites (tertiary alicyclic amines) is 1. The molecule has 1 unspecified atom stereocenters. The van der Waals surface area contributed by atoms with Gasteiger partial charge in [0.25, 0.3) is 0 Å². The Kier molecular flexibility index (Phi) is 5.08. The maximum atomic E-state index is 11.8. The Labute approximate surface area is 126 Å². The topological polar surface area (TPSA) is 87.5 Å². The molecule has 1 aromatic carbocycles. The smallest absolute Gasteiger partial charge is 0.240 e. The van der Waals surface area contributed by atoms with Gasteiger partial charge in [0.05, 0.1) is 16.3 Å². The predicted octanol–water partition coefficient (Wildman–Crippen LogP) is 0.931. The van der Waals surface area contributed by atoms with Gasteiger partial charge in [-0.05, 0) is 50.7 Å². The van der Waals surface area contributed by atoms with Crippen molar-refractivity contribution in [3.05, 3.63) is 18.2 Å². The minimum absolute atomic E-state index is 0.225. The van der Waals surface area contributed by atoms with Crippen LogP contribution in [0, 0.1) is 5.92 Å². The summed E-state index contributed by atoms with van der Waals surface area (Å²) in [5, 5.41) is 3.29. The van der Waals surface area contributed by atoms with E-state index in [1.54, 1.807) is 12.1 Å². The third-order valence-electron chi connectivity index (χ3n) is 4.00. The van der Waals surface area contributed by atoms with Crippen LogP contribution in [0.4, 0.5) is 11.4 Å². The van der Waals surface area contributed by atoms with Crippen molar-refractivity contribution in [1.29, 1.82) is 0 Å². The van der Waals surface area contributed by atoms with Gasteiger partial charge in [-0.3, -0.25) is 0 Å². The quantitative estimate of drug-likeness (QED) is 0.680. The van der Waals surface area contributed by atoms with Gasteiger partial charge in [0, 0.05) is 13.1 Å². The molecular weight excluding hydrogens is 288 g/mol. The zero-order valence-corrected chi connectivity index (χ0v) is 13.4.